The van der Waals surface area contributed by atoms with Crippen LogP contribution in [0.4, 0.5) is 0 Å². The van der Waals surface area contributed by atoms with Crippen molar-refractivity contribution in [3.05, 3.63) is 46.0 Å². The molecule has 1 unspecified atom stereocenters. The maximum atomic E-state index is 6.29. The molecule has 3 nitrogen and oxygen atoms in total. The first-order chi connectivity index (χ1) is 8.26. The number of nitrogens with two attached hydrogens (primary N) is 1. The highest BCUT2D eigenvalue weighted by atomic mass is 32.1. The Kier molecular flexibility index (Phi) is 3.86. The first-order valence-electron chi connectivity index (χ1n) is 5.91. The summed E-state index contributed by atoms with van der Waals surface area (Å²) in [6, 6.07) is 8.33. The van der Waals surface area contributed by atoms with E-state index in [-0.39, 0.29) is 6.04 Å². The Hall–Kier alpha value is -1.26. The number of nitrogens with zero attached hydrogens (tertiary/aromatic N) is 2. The van der Waals surface area contributed by atoms with E-state index in [9.17, 15) is 0 Å². The molecule has 90 valence electrons. The molecule has 0 bridgehead atoms. The van der Waals surface area contributed by atoms with Crippen LogP contribution in [0.5, 0.6) is 0 Å². The van der Waals surface area contributed by atoms with Gasteiger partial charge in [-0.15, -0.1) is 5.10 Å². The highest BCUT2D eigenvalue weighted by molar-refractivity contribution is 7.05. The van der Waals surface area contributed by atoms with E-state index in [4.69, 9.17) is 5.73 Å². The number of hydrogen-bond acceptors (Lipinski definition) is 4. The second kappa shape index (κ2) is 5.38. The summed E-state index contributed by atoms with van der Waals surface area (Å²) in [7, 11) is 0. The van der Waals surface area contributed by atoms with Crippen LogP contribution in [0.2, 0.25) is 0 Å². The molecule has 0 aliphatic rings. The molecule has 1 aromatic carbocycles. The second-order valence-electron chi connectivity index (χ2n) is 4.01. The molecule has 17 heavy (non-hydrogen) atoms. The number of hydrogen-bond donors (Lipinski definition) is 1. The van der Waals surface area contributed by atoms with Crippen molar-refractivity contribution in [1.82, 2.24) is 9.59 Å². The van der Waals surface area contributed by atoms with Gasteiger partial charge >= 0.3 is 0 Å². The predicted octanol–water partition coefficient (Wildman–Crippen LogP) is 2.71. The first-order valence-corrected chi connectivity index (χ1v) is 6.69. The van der Waals surface area contributed by atoms with Gasteiger partial charge in [-0.05, 0) is 35.5 Å². The van der Waals surface area contributed by atoms with E-state index in [1.54, 1.807) is 0 Å². The third-order valence-corrected chi connectivity index (χ3v) is 3.77. The van der Waals surface area contributed by atoms with Gasteiger partial charge in [-0.3, -0.25) is 0 Å². The summed E-state index contributed by atoms with van der Waals surface area (Å²) in [6.45, 7) is 4.23. The normalized spacial score (nSPS) is 12.6. The quantitative estimate of drug-likeness (QED) is 0.903. The third-order valence-electron chi connectivity index (χ3n) is 2.92. The van der Waals surface area contributed by atoms with Crippen LogP contribution in [0.1, 0.15) is 41.6 Å². The molecule has 1 aromatic heterocycles. The minimum absolute atomic E-state index is 0.101. The van der Waals surface area contributed by atoms with E-state index < -0.39 is 0 Å². The average molecular weight is 247 g/mol. The van der Waals surface area contributed by atoms with Crippen molar-refractivity contribution in [1.29, 1.82) is 0 Å². The molecule has 0 aliphatic heterocycles. The molecule has 0 aliphatic carbocycles. The SMILES string of the molecule is CCc1cccc(C(N)c2snnc2CC)c1. The molecule has 0 fully saturated rings. The number of aryl methyl sites for hydroxylation is 2. The van der Waals surface area contributed by atoms with Gasteiger partial charge < -0.3 is 5.73 Å². The monoisotopic (exact) mass is 247 g/mol. The van der Waals surface area contributed by atoms with Crippen LogP contribution < -0.4 is 5.73 Å². The third kappa shape index (κ3) is 2.53. The van der Waals surface area contributed by atoms with Crippen molar-refractivity contribution < 1.29 is 0 Å². The highest BCUT2D eigenvalue weighted by Gasteiger charge is 2.16. The van der Waals surface area contributed by atoms with Crippen molar-refractivity contribution in [2.24, 2.45) is 5.73 Å². The molecule has 2 N–H and O–H groups in total. The summed E-state index contributed by atoms with van der Waals surface area (Å²) in [6.07, 6.45) is 1.91. The smallest absolute Gasteiger partial charge is 0.0804 e. The maximum Gasteiger partial charge on any atom is 0.0804 e. The maximum absolute atomic E-state index is 6.29. The fourth-order valence-corrected chi connectivity index (χ4v) is 2.62. The van der Waals surface area contributed by atoms with Crippen LogP contribution in [-0.4, -0.2) is 9.59 Å². The van der Waals surface area contributed by atoms with Gasteiger partial charge in [0.2, 0.25) is 0 Å². The van der Waals surface area contributed by atoms with Gasteiger partial charge in [0, 0.05) is 0 Å². The van der Waals surface area contributed by atoms with Gasteiger partial charge in [0.1, 0.15) is 0 Å². The van der Waals surface area contributed by atoms with Crippen LogP contribution in [0, 0.1) is 0 Å². The van der Waals surface area contributed by atoms with Gasteiger partial charge in [-0.1, -0.05) is 42.6 Å². The predicted molar refractivity (Wildman–Crippen MR) is 71.1 cm³/mol. The Bertz CT molecular complexity index is 493. The standard InChI is InChI=1S/C13H17N3S/c1-3-9-6-5-7-10(8-9)12(14)13-11(4-2)15-16-17-13/h5-8,12H,3-4,14H2,1-2H3. The molecule has 0 saturated carbocycles. The Morgan fingerprint density at radius 3 is 2.82 bits per heavy atom. The van der Waals surface area contributed by atoms with Gasteiger partial charge in [0.15, 0.2) is 0 Å². The second-order valence-corrected chi connectivity index (χ2v) is 4.80. The zero-order valence-electron chi connectivity index (χ0n) is 10.2. The van der Waals surface area contributed by atoms with Crippen molar-refractivity contribution >= 4 is 11.5 Å². The fourth-order valence-electron chi connectivity index (χ4n) is 1.85. The lowest BCUT2D eigenvalue weighted by atomic mass is 10.0. The molecule has 0 spiro atoms. The summed E-state index contributed by atoms with van der Waals surface area (Å²) in [4.78, 5) is 1.08. The van der Waals surface area contributed by atoms with Crippen molar-refractivity contribution in [2.45, 2.75) is 32.7 Å². The molecule has 1 heterocycles. The van der Waals surface area contributed by atoms with Crippen molar-refractivity contribution in [3.63, 3.8) is 0 Å². The highest BCUT2D eigenvalue weighted by Crippen LogP contribution is 2.25. The zero-order valence-corrected chi connectivity index (χ0v) is 11.0. The fraction of sp³-hybridized carbons (Fsp3) is 0.385. The lowest BCUT2D eigenvalue weighted by Crippen LogP contribution is -2.12. The Labute approximate surface area is 106 Å². The molecule has 4 heteroatoms. The van der Waals surface area contributed by atoms with Crippen LogP contribution in [-0.2, 0) is 12.8 Å². The number of aromatic nitrogens is 2. The largest absolute Gasteiger partial charge is 0.320 e. The van der Waals surface area contributed by atoms with E-state index >= 15 is 0 Å². The summed E-state index contributed by atoms with van der Waals surface area (Å²) < 4.78 is 3.99. The van der Waals surface area contributed by atoms with Gasteiger partial charge in [0.25, 0.3) is 0 Å². The topological polar surface area (TPSA) is 51.8 Å². The average Bonchev–Trinajstić information content (AvgIpc) is 2.86. The molecule has 2 rings (SSSR count). The van der Waals surface area contributed by atoms with Crippen molar-refractivity contribution in [2.75, 3.05) is 0 Å². The van der Waals surface area contributed by atoms with E-state index in [0.717, 1.165) is 29.0 Å². The molecule has 2 aromatic rings. The summed E-state index contributed by atoms with van der Waals surface area (Å²) in [5, 5.41) is 4.11. The molecule has 1 atom stereocenters. The van der Waals surface area contributed by atoms with E-state index in [0.29, 0.717) is 0 Å². The molecule has 0 amide bonds. The zero-order chi connectivity index (χ0) is 12.3. The van der Waals surface area contributed by atoms with Crippen LogP contribution >= 0.6 is 11.5 Å². The number of rotatable bonds is 4. The first kappa shape index (κ1) is 12.2. The van der Waals surface area contributed by atoms with Crippen molar-refractivity contribution in [3.8, 4) is 0 Å². The lowest BCUT2D eigenvalue weighted by molar-refractivity contribution is 0.851. The molecule has 0 saturated heterocycles. The summed E-state index contributed by atoms with van der Waals surface area (Å²) >= 11 is 1.40. The molecular weight excluding hydrogens is 230 g/mol. The van der Waals surface area contributed by atoms with Gasteiger partial charge in [-0.25, -0.2) is 0 Å². The van der Waals surface area contributed by atoms with E-state index in [1.807, 2.05) is 0 Å². The Morgan fingerprint density at radius 2 is 2.12 bits per heavy atom. The van der Waals surface area contributed by atoms with Crippen LogP contribution in [0.3, 0.4) is 0 Å². The van der Waals surface area contributed by atoms with Gasteiger partial charge in [-0.2, -0.15) is 0 Å². The Balaban J connectivity index is 2.33. The lowest BCUT2D eigenvalue weighted by Gasteiger charge is -2.11. The molecule has 0 radical (unpaired) electrons. The Morgan fingerprint density at radius 1 is 1.29 bits per heavy atom. The number of benzene rings is 1. The molecular formula is C13H17N3S. The van der Waals surface area contributed by atoms with Gasteiger partial charge in [0.05, 0.1) is 16.6 Å². The minimum Gasteiger partial charge on any atom is -0.320 e. The summed E-state index contributed by atoms with van der Waals surface area (Å²) in [5.41, 5.74) is 9.77. The van der Waals surface area contributed by atoms with Crippen LogP contribution in [0.25, 0.3) is 0 Å². The van der Waals surface area contributed by atoms with E-state index in [1.165, 1.54) is 17.1 Å². The van der Waals surface area contributed by atoms with Crippen LogP contribution in [0.15, 0.2) is 24.3 Å². The van der Waals surface area contributed by atoms with E-state index in [2.05, 4.69) is 47.7 Å². The summed E-state index contributed by atoms with van der Waals surface area (Å²) in [5.74, 6) is 0. The minimum atomic E-state index is -0.101.